The van der Waals surface area contributed by atoms with Crippen LogP contribution in [0.15, 0.2) is 29.6 Å². The lowest BCUT2D eigenvalue weighted by Gasteiger charge is -2.22. The van der Waals surface area contributed by atoms with Gasteiger partial charge in [0.25, 0.3) is 5.91 Å². The zero-order valence-corrected chi connectivity index (χ0v) is 16.9. The van der Waals surface area contributed by atoms with Crippen LogP contribution in [-0.4, -0.2) is 28.9 Å². The third-order valence-electron chi connectivity index (χ3n) is 4.79. The molecule has 1 aliphatic carbocycles. The van der Waals surface area contributed by atoms with Gasteiger partial charge in [0, 0.05) is 17.8 Å². The summed E-state index contributed by atoms with van der Waals surface area (Å²) in [6, 6.07) is 6.60. The molecule has 3 rings (SSSR count). The van der Waals surface area contributed by atoms with E-state index in [9.17, 15) is 14.4 Å². The van der Waals surface area contributed by atoms with Crippen LogP contribution in [-0.2, 0) is 11.2 Å². The summed E-state index contributed by atoms with van der Waals surface area (Å²) in [6.45, 7) is 0. The number of urea groups is 1. The number of benzene rings is 1. The number of para-hydroxylation sites is 1. The largest absolute Gasteiger partial charge is 0.366 e. The minimum absolute atomic E-state index is 0.199. The Hall–Kier alpha value is -2.94. The number of rotatable bonds is 7. The van der Waals surface area contributed by atoms with Crippen LogP contribution >= 0.6 is 11.3 Å². The molecule has 0 unspecified atom stereocenters. The number of nitrogens with two attached hydrogens (primary N) is 1. The smallest absolute Gasteiger partial charge is 0.321 e. The molecular weight excluding hydrogens is 390 g/mol. The number of anilines is 2. The van der Waals surface area contributed by atoms with Crippen molar-refractivity contribution in [3.05, 3.63) is 40.9 Å². The molecule has 1 heterocycles. The monoisotopic (exact) mass is 415 g/mol. The van der Waals surface area contributed by atoms with Crippen LogP contribution < -0.4 is 21.7 Å². The predicted molar refractivity (Wildman–Crippen MR) is 113 cm³/mol. The highest BCUT2D eigenvalue weighted by Crippen LogP contribution is 2.20. The molecule has 1 aliphatic rings. The molecule has 0 saturated heterocycles. The molecule has 0 atom stereocenters. The second-order valence-corrected chi connectivity index (χ2v) is 7.89. The maximum Gasteiger partial charge on any atom is 0.321 e. The van der Waals surface area contributed by atoms with Crippen molar-refractivity contribution in [3.8, 4) is 0 Å². The number of primary amides is 1. The molecule has 154 valence electrons. The number of nitrogens with one attached hydrogen (secondary N) is 3. The number of hydrogen-bond donors (Lipinski definition) is 4. The first-order chi connectivity index (χ1) is 14.0. The molecule has 4 amide bonds. The lowest BCUT2D eigenvalue weighted by Crippen LogP contribution is -2.38. The van der Waals surface area contributed by atoms with Gasteiger partial charge in [-0.1, -0.05) is 31.4 Å². The summed E-state index contributed by atoms with van der Waals surface area (Å²) in [5.41, 5.74) is 6.70. The first-order valence-corrected chi connectivity index (χ1v) is 10.6. The van der Waals surface area contributed by atoms with E-state index in [4.69, 9.17) is 5.73 Å². The minimum atomic E-state index is -0.595. The SMILES string of the molecule is NC(=O)c1ccccc1NC(=O)CCc1csc(NC(=O)NC2CCCCC2)n1. The van der Waals surface area contributed by atoms with Gasteiger partial charge in [-0.3, -0.25) is 14.9 Å². The molecule has 1 aromatic heterocycles. The van der Waals surface area contributed by atoms with E-state index in [1.165, 1.54) is 17.8 Å². The minimum Gasteiger partial charge on any atom is -0.366 e. The summed E-state index contributed by atoms with van der Waals surface area (Å²) in [7, 11) is 0. The number of carbonyl (C=O) groups excluding carboxylic acids is 3. The van der Waals surface area contributed by atoms with E-state index >= 15 is 0 Å². The second kappa shape index (κ2) is 10.0. The van der Waals surface area contributed by atoms with Gasteiger partial charge < -0.3 is 16.4 Å². The number of amides is 4. The van der Waals surface area contributed by atoms with Crippen LogP contribution in [0.5, 0.6) is 0 Å². The van der Waals surface area contributed by atoms with Gasteiger partial charge in [-0.15, -0.1) is 11.3 Å². The molecular formula is C20H25N5O3S. The maximum atomic E-state index is 12.2. The second-order valence-electron chi connectivity index (χ2n) is 7.04. The Morgan fingerprint density at radius 1 is 1.10 bits per heavy atom. The third-order valence-corrected chi connectivity index (χ3v) is 5.59. The average Bonchev–Trinajstić information content (AvgIpc) is 3.14. The van der Waals surface area contributed by atoms with Gasteiger partial charge in [0.1, 0.15) is 0 Å². The summed E-state index contributed by atoms with van der Waals surface area (Å²) in [6.07, 6.45) is 6.20. The number of hydrogen-bond acceptors (Lipinski definition) is 5. The molecule has 8 nitrogen and oxygen atoms in total. The molecule has 2 aromatic rings. The van der Waals surface area contributed by atoms with E-state index in [0.29, 0.717) is 17.2 Å². The fourth-order valence-corrected chi connectivity index (χ4v) is 4.05. The maximum absolute atomic E-state index is 12.2. The lowest BCUT2D eigenvalue weighted by atomic mass is 9.96. The molecule has 5 N–H and O–H groups in total. The Balaban J connectivity index is 1.46. The quantitative estimate of drug-likeness (QED) is 0.553. The van der Waals surface area contributed by atoms with E-state index in [0.717, 1.165) is 31.4 Å². The summed E-state index contributed by atoms with van der Waals surface area (Å²) in [5, 5.41) is 10.8. The molecule has 1 fully saturated rings. The van der Waals surface area contributed by atoms with E-state index < -0.39 is 5.91 Å². The lowest BCUT2D eigenvalue weighted by molar-refractivity contribution is -0.116. The first kappa shape index (κ1) is 20.8. The number of aromatic nitrogens is 1. The highest BCUT2D eigenvalue weighted by atomic mass is 32.1. The van der Waals surface area contributed by atoms with Gasteiger partial charge >= 0.3 is 6.03 Å². The zero-order valence-electron chi connectivity index (χ0n) is 16.1. The Kier molecular flexibility index (Phi) is 7.18. The molecule has 9 heteroatoms. The fourth-order valence-electron chi connectivity index (χ4n) is 3.31. The van der Waals surface area contributed by atoms with Crippen molar-refractivity contribution >= 4 is 40.0 Å². The summed E-state index contributed by atoms with van der Waals surface area (Å²) in [4.78, 5) is 40.1. The standard InChI is InChI=1S/C20H25N5O3S/c21-18(27)15-8-4-5-9-16(15)24-17(26)11-10-14-12-29-20(23-14)25-19(28)22-13-6-2-1-3-7-13/h4-5,8-9,12-13H,1-3,6-7,10-11H2,(H2,21,27)(H,24,26)(H2,22,23,25,28). The van der Waals surface area contributed by atoms with E-state index in [-0.39, 0.29) is 30.0 Å². The normalized spacial score (nSPS) is 14.2. The van der Waals surface area contributed by atoms with Gasteiger partial charge in [-0.2, -0.15) is 0 Å². The van der Waals surface area contributed by atoms with Crippen LogP contribution in [0.2, 0.25) is 0 Å². The summed E-state index contributed by atoms with van der Waals surface area (Å²) < 4.78 is 0. The van der Waals surface area contributed by atoms with Crippen LogP contribution in [0.3, 0.4) is 0 Å². The van der Waals surface area contributed by atoms with Crippen LogP contribution in [0.4, 0.5) is 15.6 Å². The zero-order chi connectivity index (χ0) is 20.6. The molecule has 0 spiro atoms. The Morgan fingerprint density at radius 3 is 2.62 bits per heavy atom. The van der Waals surface area contributed by atoms with Crippen molar-refractivity contribution in [2.24, 2.45) is 5.73 Å². The van der Waals surface area contributed by atoms with Crippen LogP contribution in [0, 0.1) is 0 Å². The van der Waals surface area contributed by atoms with Gasteiger partial charge in [-0.25, -0.2) is 9.78 Å². The van der Waals surface area contributed by atoms with E-state index in [1.807, 2.05) is 5.38 Å². The molecule has 1 aromatic carbocycles. The Morgan fingerprint density at radius 2 is 1.86 bits per heavy atom. The number of nitrogens with zero attached hydrogens (tertiary/aromatic N) is 1. The summed E-state index contributed by atoms with van der Waals surface area (Å²) in [5.74, 6) is -0.834. The Labute approximate surface area is 173 Å². The average molecular weight is 416 g/mol. The topological polar surface area (TPSA) is 126 Å². The van der Waals surface area contributed by atoms with Crippen molar-refractivity contribution in [2.45, 2.75) is 51.0 Å². The van der Waals surface area contributed by atoms with Crippen molar-refractivity contribution in [1.82, 2.24) is 10.3 Å². The predicted octanol–water partition coefficient (Wildman–Crippen LogP) is 3.27. The van der Waals surface area contributed by atoms with Crippen LogP contribution in [0.1, 0.15) is 54.6 Å². The molecule has 29 heavy (non-hydrogen) atoms. The van der Waals surface area contributed by atoms with Crippen molar-refractivity contribution in [3.63, 3.8) is 0 Å². The fraction of sp³-hybridized carbons (Fsp3) is 0.400. The van der Waals surface area contributed by atoms with Gasteiger partial charge in [-0.05, 0) is 31.4 Å². The highest BCUT2D eigenvalue weighted by molar-refractivity contribution is 7.13. The van der Waals surface area contributed by atoms with Gasteiger partial charge in [0.2, 0.25) is 5.91 Å². The van der Waals surface area contributed by atoms with E-state index in [1.54, 1.807) is 24.3 Å². The third kappa shape index (κ3) is 6.28. The Bertz CT molecular complexity index is 877. The molecule has 0 aliphatic heterocycles. The number of thiazole rings is 1. The molecule has 0 bridgehead atoms. The van der Waals surface area contributed by atoms with E-state index in [2.05, 4.69) is 20.9 Å². The van der Waals surface area contributed by atoms with Gasteiger partial charge in [0.05, 0.1) is 16.9 Å². The molecule has 1 saturated carbocycles. The van der Waals surface area contributed by atoms with Gasteiger partial charge in [0.15, 0.2) is 5.13 Å². The van der Waals surface area contributed by atoms with Crippen molar-refractivity contribution < 1.29 is 14.4 Å². The van der Waals surface area contributed by atoms with Crippen molar-refractivity contribution in [2.75, 3.05) is 10.6 Å². The van der Waals surface area contributed by atoms with Crippen LogP contribution in [0.25, 0.3) is 0 Å². The summed E-state index contributed by atoms with van der Waals surface area (Å²) >= 11 is 1.33. The first-order valence-electron chi connectivity index (χ1n) is 9.72. The number of aryl methyl sites for hydroxylation is 1. The molecule has 0 radical (unpaired) electrons. The highest BCUT2D eigenvalue weighted by Gasteiger charge is 2.16. The number of carbonyl (C=O) groups is 3. The van der Waals surface area contributed by atoms with Crippen molar-refractivity contribution in [1.29, 1.82) is 0 Å².